The summed E-state index contributed by atoms with van der Waals surface area (Å²) >= 11 is 5.64. The van der Waals surface area contributed by atoms with Crippen LogP contribution in [0.2, 0.25) is 5.02 Å². The lowest BCUT2D eigenvalue weighted by atomic mass is 10.2. The Hall–Kier alpha value is -1.78. The van der Waals surface area contributed by atoms with Gasteiger partial charge in [-0.25, -0.2) is 4.39 Å². The van der Waals surface area contributed by atoms with Crippen molar-refractivity contribution in [2.45, 2.75) is 20.1 Å². The molecule has 3 nitrogen and oxygen atoms in total. The summed E-state index contributed by atoms with van der Waals surface area (Å²) < 4.78 is 24.6. The molecule has 0 amide bonds. The van der Waals surface area contributed by atoms with Crippen molar-refractivity contribution in [3.8, 4) is 11.5 Å². The number of aliphatic hydroxyl groups excluding tert-OH is 1. The Morgan fingerprint density at radius 1 is 1.19 bits per heavy atom. The highest BCUT2D eigenvalue weighted by Gasteiger charge is 2.11. The van der Waals surface area contributed by atoms with Gasteiger partial charge in [0.25, 0.3) is 0 Å². The molecule has 0 aliphatic rings. The molecule has 0 bridgehead atoms. The number of hydrogen-bond donors (Lipinski definition) is 1. The first-order valence-electron chi connectivity index (χ1n) is 6.58. The Morgan fingerprint density at radius 3 is 2.67 bits per heavy atom. The van der Waals surface area contributed by atoms with E-state index in [0.29, 0.717) is 29.2 Å². The number of rotatable bonds is 6. The molecule has 2 rings (SSSR count). The zero-order valence-corrected chi connectivity index (χ0v) is 12.4. The van der Waals surface area contributed by atoms with Crippen LogP contribution < -0.4 is 9.47 Å². The second kappa shape index (κ2) is 7.29. The molecule has 0 unspecified atom stereocenters. The summed E-state index contributed by atoms with van der Waals surface area (Å²) in [4.78, 5) is 0. The molecule has 0 aliphatic heterocycles. The quantitative estimate of drug-likeness (QED) is 0.878. The van der Waals surface area contributed by atoms with Crippen LogP contribution in [0.15, 0.2) is 36.4 Å². The molecule has 2 aromatic rings. The molecule has 0 saturated heterocycles. The monoisotopic (exact) mass is 310 g/mol. The maximum atomic E-state index is 13.4. The van der Waals surface area contributed by atoms with Crippen LogP contribution in [0.3, 0.4) is 0 Å². The van der Waals surface area contributed by atoms with Gasteiger partial charge in [0, 0.05) is 5.56 Å². The summed E-state index contributed by atoms with van der Waals surface area (Å²) in [5.74, 6) is 0.536. The van der Waals surface area contributed by atoms with E-state index in [9.17, 15) is 9.50 Å². The fourth-order valence-corrected chi connectivity index (χ4v) is 2.02. The molecular weight excluding hydrogens is 295 g/mol. The summed E-state index contributed by atoms with van der Waals surface area (Å²) in [5, 5.41) is 9.45. The van der Waals surface area contributed by atoms with Crippen LogP contribution in [0.1, 0.15) is 18.1 Å². The van der Waals surface area contributed by atoms with Crippen molar-refractivity contribution in [2.75, 3.05) is 6.61 Å². The summed E-state index contributed by atoms with van der Waals surface area (Å²) in [6.45, 7) is 2.35. The van der Waals surface area contributed by atoms with E-state index in [-0.39, 0.29) is 18.2 Å². The highest BCUT2D eigenvalue weighted by molar-refractivity contribution is 6.30. The van der Waals surface area contributed by atoms with E-state index in [1.165, 1.54) is 12.1 Å². The van der Waals surface area contributed by atoms with Crippen LogP contribution >= 0.6 is 11.6 Å². The molecule has 0 spiro atoms. The van der Waals surface area contributed by atoms with Crippen molar-refractivity contribution in [3.63, 3.8) is 0 Å². The minimum absolute atomic E-state index is 0.0736. The number of ether oxygens (including phenoxy) is 2. The van der Waals surface area contributed by atoms with E-state index in [1.807, 2.05) is 6.92 Å². The number of hydrogen-bond acceptors (Lipinski definition) is 3. The van der Waals surface area contributed by atoms with Gasteiger partial charge < -0.3 is 14.6 Å². The number of halogens is 2. The van der Waals surface area contributed by atoms with Gasteiger partial charge in [0.15, 0.2) is 11.5 Å². The average molecular weight is 311 g/mol. The minimum Gasteiger partial charge on any atom is -0.490 e. The van der Waals surface area contributed by atoms with Gasteiger partial charge in [0.2, 0.25) is 0 Å². The van der Waals surface area contributed by atoms with Gasteiger partial charge in [-0.15, -0.1) is 0 Å². The largest absolute Gasteiger partial charge is 0.490 e. The van der Waals surface area contributed by atoms with Crippen molar-refractivity contribution in [2.24, 2.45) is 0 Å². The Kier molecular flexibility index (Phi) is 5.42. The first-order chi connectivity index (χ1) is 10.2. The van der Waals surface area contributed by atoms with Crippen molar-refractivity contribution in [3.05, 3.63) is 58.4 Å². The summed E-state index contributed by atoms with van der Waals surface area (Å²) in [6.07, 6.45) is 0. The first kappa shape index (κ1) is 15.6. The van der Waals surface area contributed by atoms with Crippen molar-refractivity contribution < 1.29 is 19.0 Å². The molecule has 0 heterocycles. The van der Waals surface area contributed by atoms with Crippen LogP contribution in [-0.2, 0) is 13.2 Å². The normalized spacial score (nSPS) is 10.5. The Morgan fingerprint density at radius 2 is 2.00 bits per heavy atom. The van der Waals surface area contributed by atoms with Crippen LogP contribution in [0.25, 0.3) is 0 Å². The molecule has 0 aromatic heterocycles. The fraction of sp³-hybridized carbons (Fsp3) is 0.250. The lowest BCUT2D eigenvalue weighted by Gasteiger charge is -2.15. The Balaban J connectivity index is 2.20. The van der Waals surface area contributed by atoms with Gasteiger partial charge >= 0.3 is 0 Å². The lowest BCUT2D eigenvalue weighted by molar-refractivity contribution is 0.243. The summed E-state index contributed by atoms with van der Waals surface area (Å²) in [6, 6.07) is 9.79. The van der Waals surface area contributed by atoms with E-state index in [2.05, 4.69) is 0 Å². The summed E-state index contributed by atoms with van der Waals surface area (Å²) in [5.41, 5.74) is 1.27. The number of benzene rings is 2. The second-order valence-corrected chi connectivity index (χ2v) is 4.78. The van der Waals surface area contributed by atoms with Crippen molar-refractivity contribution in [1.82, 2.24) is 0 Å². The van der Waals surface area contributed by atoms with Crippen LogP contribution in [-0.4, -0.2) is 11.7 Å². The standard InChI is InChI=1S/C16H16ClFO3/c1-2-20-15-5-3-4-12(9-19)16(15)21-10-11-6-7-13(17)14(18)8-11/h3-8,19H,2,9-10H2,1H3. The third kappa shape index (κ3) is 3.86. The van der Waals surface area contributed by atoms with E-state index in [4.69, 9.17) is 21.1 Å². The van der Waals surface area contributed by atoms with E-state index in [1.54, 1.807) is 24.3 Å². The van der Waals surface area contributed by atoms with Gasteiger partial charge in [-0.05, 0) is 30.7 Å². The third-order valence-corrected chi connectivity index (χ3v) is 3.20. The number of aliphatic hydroxyl groups is 1. The minimum atomic E-state index is -0.488. The van der Waals surface area contributed by atoms with Gasteiger partial charge in [0.1, 0.15) is 12.4 Å². The lowest BCUT2D eigenvalue weighted by Crippen LogP contribution is -2.03. The molecule has 112 valence electrons. The number of para-hydroxylation sites is 1. The predicted octanol–water partition coefficient (Wildman–Crippen LogP) is 3.95. The molecule has 0 aliphatic carbocycles. The van der Waals surface area contributed by atoms with Crippen LogP contribution in [0, 0.1) is 5.82 Å². The highest BCUT2D eigenvalue weighted by atomic mass is 35.5. The van der Waals surface area contributed by atoms with Crippen LogP contribution in [0.5, 0.6) is 11.5 Å². The van der Waals surface area contributed by atoms with E-state index < -0.39 is 5.82 Å². The zero-order chi connectivity index (χ0) is 15.2. The Labute approximate surface area is 127 Å². The first-order valence-corrected chi connectivity index (χ1v) is 6.95. The van der Waals surface area contributed by atoms with Gasteiger partial charge in [-0.3, -0.25) is 0 Å². The third-order valence-electron chi connectivity index (χ3n) is 2.90. The molecule has 2 aromatic carbocycles. The molecule has 0 saturated carbocycles. The second-order valence-electron chi connectivity index (χ2n) is 4.37. The molecule has 1 N–H and O–H groups in total. The topological polar surface area (TPSA) is 38.7 Å². The molecule has 0 atom stereocenters. The van der Waals surface area contributed by atoms with Crippen molar-refractivity contribution >= 4 is 11.6 Å². The molecular formula is C16H16ClFO3. The van der Waals surface area contributed by atoms with E-state index in [0.717, 1.165) is 0 Å². The van der Waals surface area contributed by atoms with Gasteiger partial charge in [-0.2, -0.15) is 0 Å². The SMILES string of the molecule is CCOc1cccc(CO)c1OCc1ccc(Cl)c(F)c1. The van der Waals surface area contributed by atoms with Gasteiger partial charge in [-0.1, -0.05) is 29.8 Å². The average Bonchev–Trinajstić information content (AvgIpc) is 2.49. The maximum absolute atomic E-state index is 13.4. The summed E-state index contributed by atoms with van der Waals surface area (Å²) in [7, 11) is 0. The molecule has 0 fully saturated rings. The smallest absolute Gasteiger partial charge is 0.167 e. The Bertz CT molecular complexity index is 616. The van der Waals surface area contributed by atoms with Gasteiger partial charge in [0.05, 0.1) is 18.2 Å². The maximum Gasteiger partial charge on any atom is 0.167 e. The molecule has 0 radical (unpaired) electrons. The molecule has 5 heteroatoms. The zero-order valence-electron chi connectivity index (χ0n) is 11.6. The predicted molar refractivity (Wildman–Crippen MR) is 79.3 cm³/mol. The highest BCUT2D eigenvalue weighted by Crippen LogP contribution is 2.32. The van der Waals surface area contributed by atoms with E-state index >= 15 is 0 Å². The molecule has 21 heavy (non-hydrogen) atoms. The van der Waals surface area contributed by atoms with Crippen LogP contribution in [0.4, 0.5) is 4.39 Å². The fourth-order valence-electron chi connectivity index (χ4n) is 1.90. The van der Waals surface area contributed by atoms with Crippen molar-refractivity contribution in [1.29, 1.82) is 0 Å².